The van der Waals surface area contributed by atoms with E-state index in [1.54, 1.807) is 7.11 Å². The van der Waals surface area contributed by atoms with Crippen molar-refractivity contribution in [3.63, 3.8) is 0 Å². The summed E-state index contributed by atoms with van der Waals surface area (Å²) in [6.07, 6.45) is 2.47. The van der Waals surface area contributed by atoms with Crippen LogP contribution in [-0.2, 0) is 14.3 Å². The predicted molar refractivity (Wildman–Crippen MR) is 61.2 cm³/mol. The van der Waals surface area contributed by atoms with E-state index in [4.69, 9.17) is 14.6 Å². The number of methoxy groups -OCH3 is 1. The fourth-order valence-electron chi connectivity index (χ4n) is 1.21. The highest BCUT2D eigenvalue weighted by Crippen LogP contribution is 1.93. The van der Waals surface area contributed by atoms with Crippen molar-refractivity contribution in [3.8, 4) is 0 Å². The van der Waals surface area contributed by atoms with Gasteiger partial charge < -0.3 is 19.9 Å². The summed E-state index contributed by atoms with van der Waals surface area (Å²) in [7, 11) is 1.59. The Hall–Kier alpha value is -0.650. The molecule has 0 aromatic rings. The molecule has 0 saturated carbocycles. The second-order valence-corrected chi connectivity index (χ2v) is 3.62. The second kappa shape index (κ2) is 10.9. The molecule has 0 heterocycles. The fraction of sp³-hybridized carbons (Fsp3) is 0.909. The van der Waals surface area contributed by atoms with E-state index in [2.05, 4.69) is 5.32 Å². The van der Waals surface area contributed by atoms with E-state index >= 15 is 0 Å². The van der Waals surface area contributed by atoms with Crippen LogP contribution in [0.3, 0.4) is 0 Å². The van der Waals surface area contributed by atoms with Crippen LogP contribution >= 0.6 is 0 Å². The van der Waals surface area contributed by atoms with E-state index in [1.165, 1.54) is 0 Å². The van der Waals surface area contributed by atoms with Crippen molar-refractivity contribution in [2.24, 2.45) is 0 Å². The molecule has 0 fully saturated rings. The van der Waals surface area contributed by atoms with Crippen molar-refractivity contribution in [2.45, 2.75) is 32.2 Å². The third kappa shape index (κ3) is 8.64. The molecule has 1 atom stereocenters. The molecular weight excluding hydrogens is 210 g/mol. The third-order valence-corrected chi connectivity index (χ3v) is 2.14. The van der Waals surface area contributed by atoms with Crippen LogP contribution in [0.1, 0.15) is 26.2 Å². The maximum Gasteiger partial charge on any atom is 0.319 e. The van der Waals surface area contributed by atoms with Gasteiger partial charge in [0.25, 0.3) is 0 Å². The Balaban J connectivity index is 3.60. The molecule has 0 aliphatic rings. The molecule has 5 nitrogen and oxygen atoms in total. The quantitative estimate of drug-likeness (QED) is 0.420. The number of hydrogen-bond acceptors (Lipinski definition) is 5. The van der Waals surface area contributed by atoms with Gasteiger partial charge in [-0.05, 0) is 12.8 Å². The minimum atomic E-state index is -0.257. The summed E-state index contributed by atoms with van der Waals surface area (Å²) in [5.74, 6) is -0.257. The summed E-state index contributed by atoms with van der Waals surface area (Å²) < 4.78 is 9.95. The number of carbonyl (C=O) groups is 1. The molecule has 0 aliphatic heterocycles. The van der Waals surface area contributed by atoms with Crippen LogP contribution in [0.25, 0.3) is 0 Å². The molecular formula is C11H23NO4. The molecule has 96 valence electrons. The number of ether oxygens (including phenoxy) is 2. The number of nitrogens with one attached hydrogen (secondary N) is 1. The number of aliphatic hydroxyl groups is 1. The van der Waals surface area contributed by atoms with Gasteiger partial charge in [0.05, 0.1) is 19.8 Å². The summed E-state index contributed by atoms with van der Waals surface area (Å²) in [6, 6.07) is -0.00581. The van der Waals surface area contributed by atoms with Gasteiger partial charge >= 0.3 is 5.97 Å². The van der Waals surface area contributed by atoms with Crippen LogP contribution in [0.2, 0.25) is 0 Å². The number of unbranched alkanes of at least 4 members (excludes halogenated alkanes) is 1. The number of rotatable bonds is 10. The highest BCUT2D eigenvalue weighted by atomic mass is 16.5. The number of carbonyl (C=O) groups excluding carboxylic acids is 1. The standard InChI is InChI=1S/C11H23NO4/c1-3-4-7-16-11(14)8-12-10(5-6-13)9-15-2/h10,12-13H,3-9H2,1-2H3. The van der Waals surface area contributed by atoms with E-state index < -0.39 is 0 Å². The Bertz CT molecular complexity index is 169. The van der Waals surface area contributed by atoms with Crippen molar-refractivity contribution >= 4 is 5.97 Å². The van der Waals surface area contributed by atoms with Crippen LogP contribution in [0.4, 0.5) is 0 Å². The first-order valence-corrected chi connectivity index (χ1v) is 5.73. The lowest BCUT2D eigenvalue weighted by Crippen LogP contribution is -2.38. The summed E-state index contributed by atoms with van der Waals surface area (Å²) in [5.41, 5.74) is 0. The first kappa shape index (κ1) is 15.3. The van der Waals surface area contributed by atoms with Gasteiger partial charge in [-0.1, -0.05) is 13.3 Å². The Kier molecular flexibility index (Phi) is 10.4. The maximum atomic E-state index is 11.2. The summed E-state index contributed by atoms with van der Waals surface area (Å²) in [4.78, 5) is 11.2. The van der Waals surface area contributed by atoms with Crippen molar-refractivity contribution in [2.75, 3.05) is 33.5 Å². The summed E-state index contributed by atoms with van der Waals surface area (Å²) in [5, 5.41) is 11.8. The van der Waals surface area contributed by atoms with Gasteiger partial charge in [-0.3, -0.25) is 4.79 Å². The Labute approximate surface area is 97.1 Å². The lowest BCUT2D eigenvalue weighted by atomic mass is 10.2. The number of esters is 1. The van der Waals surface area contributed by atoms with Crippen LogP contribution < -0.4 is 5.32 Å². The number of aliphatic hydroxyl groups excluding tert-OH is 1. The zero-order chi connectivity index (χ0) is 12.2. The van der Waals surface area contributed by atoms with E-state index in [-0.39, 0.29) is 25.2 Å². The molecule has 0 aromatic carbocycles. The molecule has 5 heteroatoms. The lowest BCUT2D eigenvalue weighted by molar-refractivity contribution is -0.142. The third-order valence-electron chi connectivity index (χ3n) is 2.14. The summed E-state index contributed by atoms with van der Waals surface area (Å²) >= 11 is 0. The normalized spacial score (nSPS) is 12.4. The maximum absolute atomic E-state index is 11.2. The number of hydrogen-bond donors (Lipinski definition) is 2. The van der Waals surface area contributed by atoms with Gasteiger partial charge in [0.15, 0.2) is 0 Å². The van der Waals surface area contributed by atoms with E-state index in [9.17, 15) is 4.79 Å². The average molecular weight is 233 g/mol. The van der Waals surface area contributed by atoms with Gasteiger partial charge in [-0.25, -0.2) is 0 Å². The summed E-state index contributed by atoms with van der Waals surface area (Å²) in [6.45, 7) is 3.24. The minimum absolute atomic E-state index is 0.00581. The molecule has 0 rings (SSSR count). The van der Waals surface area contributed by atoms with Crippen molar-refractivity contribution < 1.29 is 19.4 Å². The largest absolute Gasteiger partial charge is 0.465 e. The monoisotopic (exact) mass is 233 g/mol. The van der Waals surface area contributed by atoms with E-state index in [0.717, 1.165) is 12.8 Å². The van der Waals surface area contributed by atoms with Gasteiger partial charge in [-0.15, -0.1) is 0 Å². The molecule has 0 aliphatic carbocycles. The Morgan fingerprint density at radius 2 is 2.25 bits per heavy atom. The smallest absolute Gasteiger partial charge is 0.319 e. The first-order valence-electron chi connectivity index (χ1n) is 5.73. The highest BCUT2D eigenvalue weighted by Gasteiger charge is 2.10. The van der Waals surface area contributed by atoms with Crippen LogP contribution in [0.15, 0.2) is 0 Å². The zero-order valence-electron chi connectivity index (χ0n) is 10.2. The molecule has 0 bridgehead atoms. The molecule has 0 radical (unpaired) electrons. The van der Waals surface area contributed by atoms with Crippen LogP contribution in [0.5, 0.6) is 0 Å². The van der Waals surface area contributed by atoms with Crippen molar-refractivity contribution in [1.82, 2.24) is 5.32 Å². The van der Waals surface area contributed by atoms with Gasteiger partial charge in [-0.2, -0.15) is 0 Å². The molecule has 0 saturated heterocycles. The minimum Gasteiger partial charge on any atom is -0.465 e. The zero-order valence-corrected chi connectivity index (χ0v) is 10.2. The highest BCUT2D eigenvalue weighted by molar-refractivity contribution is 5.71. The Morgan fingerprint density at radius 3 is 2.81 bits per heavy atom. The molecule has 16 heavy (non-hydrogen) atoms. The predicted octanol–water partition coefficient (Wildman–Crippen LogP) is 0.317. The molecule has 0 aromatic heterocycles. The fourth-order valence-corrected chi connectivity index (χ4v) is 1.21. The second-order valence-electron chi connectivity index (χ2n) is 3.62. The lowest BCUT2D eigenvalue weighted by Gasteiger charge is -2.16. The van der Waals surface area contributed by atoms with E-state index in [0.29, 0.717) is 19.6 Å². The van der Waals surface area contributed by atoms with Crippen molar-refractivity contribution in [1.29, 1.82) is 0 Å². The Morgan fingerprint density at radius 1 is 1.50 bits per heavy atom. The average Bonchev–Trinajstić information content (AvgIpc) is 2.27. The molecule has 0 amide bonds. The topological polar surface area (TPSA) is 67.8 Å². The van der Waals surface area contributed by atoms with Crippen LogP contribution in [0, 0.1) is 0 Å². The van der Waals surface area contributed by atoms with Gasteiger partial charge in [0, 0.05) is 19.8 Å². The van der Waals surface area contributed by atoms with Crippen molar-refractivity contribution in [3.05, 3.63) is 0 Å². The molecule has 1 unspecified atom stereocenters. The van der Waals surface area contributed by atoms with Gasteiger partial charge in [0.1, 0.15) is 0 Å². The molecule has 2 N–H and O–H groups in total. The van der Waals surface area contributed by atoms with Crippen LogP contribution in [-0.4, -0.2) is 50.6 Å². The first-order chi connectivity index (χ1) is 7.74. The SMILES string of the molecule is CCCCOC(=O)CNC(CCO)COC. The molecule has 0 spiro atoms. The van der Waals surface area contributed by atoms with E-state index in [1.807, 2.05) is 6.92 Å². The van der Waals surface area contributed by atoms with Gasteiger partial charge in [0.2, 0.25) is 0 Å².